The van der Waals surface area contributed by atoms with Crippen molar-refractivity contribution in [3.8, 4) is 5.75 Å². The van der Waals surface area contributed by atoms with Gasteiger partial charge in [-0.2, -0.15) is 0 Å². The van der Waals surface area contributed by atoms with Crippen molar-refractivity contribution in [3.63, 3.8) is 0 Å². The molecular weight excluding hydrogens is 845 g/mol. The molecule has 2 saturated carbocycles. The number of rotatable bonds is 8. The molecular formula is C64H54N2O3. The number of furan rings is 2. The van der Waals surface area contributed by atoms with E-state index in [1.165, 1.54) is 75.3 Å². The van der Waals surface area contributed by atoms with Crippen LogP contribution in [0, 0.1) is 0 Å². The van der Waals surface area contributed by atoms with Gasteiger partial charge in [-0.05, 0) is 103 Å². The first-order chi connectivity index (χ1) is 34.2. The Hall–Kier alpha value is -7.50. The molecule has 5 heteroatoms. The number of anilines is 6. The molecule has 338 valence electrons. The highest BCUT2D eigenvalue weighted by atomic mass is 16.5. The summed E-state index contributed by atoms with van der Waals surface area (Å²) in [7, 11) is 0. The molecule has 3 aliphatic carbocycles. The second-order valence-electron chi connectivity index (χ2n) is 19.9. The quantitative estimate of drug-likeness (QED) is 0.142. The fourth-order valence-corrected chi connectivity index (χ4v) is 12.6. The number of fused-ring (bicyclic) bond motifs is 10. The summed E-state index contributed by atoms with van der Waals surface area (Å²) in [4.78, 5) is 4.93. The van der Waals surface area contributed by atoms with Gasteiger partial charge in [-0.15, -0.1) is 0 Å². The van der Waals surface area contributed by atoms with E-state index in [2.05, 4.69) is 192 Å². The summed E-state index contributed by atoms with van der Waals surface area (Å²) in [6.07, 6.45) is 21.6. The van der Waals surface area contributed by atoms with Crippen molar-refractivity contribution in [3.05, 3.63) is 199 Å². The zero-order valence-electron chi connectivity index (χ0n) is 38.8. The zero-order chi connectivity index (χ0) is 45.4. The average molecular weight is 899 g/mol. The van der Waals surface area contributed by atoms with Crippen molar-refractivity contribution in [2.45, 2.75) is 88.1 Å². The third-order valence-corrected chi connectivity index (χ3v) is 16.0. The van der Waals surface area contributed by atoms with Gasteiger partial charge < -0.3 is 23.4 Å². The van der Waals surface area contributed by atoms with Crippen LogP contribution < -0.4 is 14.5 Å². The van der Waals surface area contributed by atoms with Crippen LogP contribution in [0.3, 0.4) is 0 Å². The maximum absolute atomic E-state index is 7.50. The normalized spacial score (nSPS) is 18.3. The van der Waals surface area contributed by atoms with Crippen molar-refractivity contribution >= 4 is 88.8 Å². The third kappa shape index (κ3) is 6.65. The molecule has 14 rings (SSSR count). The van der Waals surface area contributed by atoms with Gasteiger partial charge in [0.2, 0.25) is 0 Å². The van der Waals surface area contributed by atoms with Crippen molar-refractivity contribution in [1.82, 2.24) is 0 Å². The van der Waals surface area contributed by atoms with Crippen molar-refractivity contribution in [1.29, 1.82) is 0 Å². The second kappa shape index (κ2) is 16.6. The Labute approximate surface area is 402 Å². The molecule has 10 aromatic rings. The van der Waals surface area contributed by atoms with E-state index in [-0.39, 0.29) is 12.0 Å². The molecule has 2 atom stereocenters. The summed E-state index contributed by atoms with van der Waals surface area (Å²) < 4.78 is 21.4. The minimum atomic E-state index is -0.200. The van der Waals surface area contributed by atoms with Crippen molar-refractivity contribution < 1.29 is 13.6 Å². The van der Waals surface area contributed by atoms with E-state index < -0.39 is 0 Å². The standard InChI is InChI=1S/C64H54N2O3/c1-3-17-41(18-4-1)43-33-37-45(38-34-43)65(54-28-15-26-51-47-21-9-12-30-56(47)67-62(51)54)60-49-23-7-8-24-50(49)61(64-59(60)53-25-11-14-32-58(53)69-64)66(46-39-35-44(36-40-46)42-19-5-2-6-20-42)55-29-16-27-52-48-22-10-13-31-57(48)68-63(52)55/h7-16,21-42,53,58H,1-6,17-20H2. The Morgan fingerprint density at radius 1 is 0.391 bits per heavy atom. The number of hydrogen-bond acceptors (Lipinski definition) is 5. The highest BCUT2D eigenvalue weighted by Crippen LogP contribution is 2.61. The van der Waals surface area contributed by atoms with Gasteiger partial charge in [0.1, 0.15) is 17.3 Å². The predicted molar refractivity (Wildman–Crippen MR) is 285 cm³/mol. The number of benzene rings is 8. The fraction of sp³-hybridized carbons (Fsp3) is 0.219. The SMILES string of the molecule is C1=CC2Oc3c(c(N(c4ccc(C5CCCCC5)cc4)c4cccc5c4oc4ccccc45)c4ccccc4c3N(c3ccc(C4CCCCC4)cc3)c3cccc4c3oc3ccccc34)C2C=C1. The lowest BCUT2D eigenvalue weighted by atomic mass is 9.84. The van der Waals surface area contributed by atoms with Gasteiger partial charge >= 0.3 is 0 Å². The zero-order valence-corrected chi connectivity index (χ0v) is 38.8. The molecule has 8 aromatic carbocycles. The summed E-state index contributed by atoms with van der Waals surface area (Å²) in [5.74, 6) is 2.00. The molecule has 2 aromatic heterocycles. The van der Waals surface area contributed by atoms with E-state index in [1.54, 1.807) is 0 Å². The minimum absolute atomic E-state index is 0.0558. The Balaban J connectivity index is 1.06. The van der Waals surface area contributed by atoms with E-state index in [0.29, 0.717) is 11.8 Å². The lowest BCUT2D eigenvalue weighted by Gasteiger charge is -2.33. The topological polar surface area (TPSA) is 42.0 Å². The van der Waals surface area contributed by atoms with Gasteiger partial charge in [-0.3, -0.25) is 0 Å². The molecule has 2 unspecified atom stereocenters. The first-order valence-corrected chi connectivity index (χ1v) is 25.5. The van der Waals surface area contributed by atoms with Crippen LogP contribution in [0.5, 0.6) is 5.75 Å². The molecule has 0 radical (unpaired) electrons. The minimum Gasteiger partial charge on any atom is -0.483 e. The summed E-state index contributed by atoms with van der Waals surface area (Å²) in [6, 6.07) is 58.0. The van der Waals surface area contributed by atoms with Crippen molar-refractivity contribution in [2.75, 3.05) is 9.80 Å². The fourth-order valence-electron chi connectivity index (χ4n) is 12.6. The van der Waals surface area contributed by atoms with E-state index >= 15 is 0 Å². The van der Waals surface area contributed by atoms with Crippen LogP contribution in [0.25, 0.3) is 54.6 Å². The highest BCUT2D eigenvalue weighted by molar-refractivity contribution is 6.17. The molecule has 0 N–H and O–H groups in total. The highest BCUT2D eigenvalue weighted by Gasteiger charge is 2.42. The number of hydrogen-bond donors (Lipinski definition) is 0. The molecule has 2 fully saturated rings. The predicted octanol–water partition coefficient (Wildman–Crippen LogP) is 18.6. The van der Waals surface area contributed by atoms with Crippen molar-refractivity contribution in [2.24, 2.45) is 0 Å². The van der Waals surface area contributed by atoms with Crippen LogP contribution in [0.4, 0.5) is 34.1 Å². The number of ether oxygens (including phenoxy) is 1. The van der Waals surface area contributed by atoms with Crippen LogP contribution in [0.2, 0.25) is 0 Å². The van der Waals surface area contributed by atoms with E-state index in [1.807, 2.05) is 0 Å². The van der Waals surface area contributed by atoms with Gasteiger partial charge in [0, 0.05) is 55.2 Å². The summed E-state index contributed by atoms with van der Waals surface area (Å²) in [5, 5.41) is 6.62. The molecule has 4 aliphatic rings. The van der Waals surface area contributed by atoms with Gasteiger partial charge in [-0.25, -0.2) is 0 Å². The molecule has 0 amide bonds. The van der Waals surface area contributed by atoms with Gasteiger partial charge in [0.15, 0.2) is 16.9 Å². The lowest BCUT2D eigenvalue weighted by Crippen LogP contribution is -2.18. The summed E-state index contributed by atoms with van der Waals surface area (Å²) in [6.45, 7) is 0. The van der Waals surface area contributed by atoms with Gasteiger partial charge in [0.05, 0.1) is 22.7 Å². The van der Waals surface area contributed by atoms with Crippen LogP contribution in [0.15, 0.2) is 191 Å². The number of para-hydroxylation sites is 4. The Morgan fingerprint density at radius 3 is 1.38 bits per heavy atom. The van der Waals surface area contributed by atoms with Crippen LogP contribution >= 0.6 is 0 Å². The van der Waals surface area contributed by atoms with E-state index in [9.17, 15) is 0 Å². The first-order valence-electron chi connectivity index (χ1n) is 25.5. The lowest BCUT2D eigenvalue weighted by molar-refractivity contribution is 0.270. The van der Waals surface area contributed by atoms with Gasteiger partial charge in [0.25, 0.3) is 0 Å². The molecule has 69 heavy (non-hydrogen) atoms. The molecule has 5 nitrogen and oxygen atoms in total. The number of nitrogens with zero attached hydrogens (tertiary/aromatic N) is 2. The Kier molecular flexibility index (Phi) is 9.77. The van der Waals surface area contributed by atoms with E-state index in [0.717, 1.165) is 100 Å². The molecule has 0 bridgehead atoms. The molecule has 3 heterocycles. The molecule has 0 saturated heterocycles. The Bertz CT molecular complexity index is 3640. The number of allylic oxidation sites excluding steroid dienone is 2. The third-order valence-electron chi connectivity index (χ3n) is 16.0. The smallest absolute Gasteiger partial charge is 0.159 e. The maximum atomic E-state index is 7.50. The monoisotopic (exact) mass is 898 g/mol. The summed E-state index contributed by atoms with van der Waals surface area (Å²) in [5.41, 5.74) is 13.7. The van der Waals surface area contributed by atoms with Gasteiger partial charge in [-0.1, -0.05) is 166 Å². The first kappa shape index (κ1) is 40.6. The van der Waals surface area contributed by atoms with Crippen LogP contribution in [-0.4, -0.2) is 6.10 Å². The average Bonchev–Trinajstić information content (AvgIpc) is 4.13. The summed E-state index contributed by atoms with van der Waals surface area (Å²) >= 11 is 0. The van der Waals surface area contributed by atoms with E-state index in [4.69, 9.17) is 13.6 Å². The molecule has 0 spiro atoms. The molecule has 1 aliphatic heterocycles. The maximum Gasteiger partial charge on any atom is 0.159 e. The Morgan fingerprint density at radius 2 is 0.841 bits per heavy atom. The largest absolute Gasteiger partial charge is 0.483 e. The van der Waals surface area contributed by atoms with Crippen LogP contribution in [-0.2, 0) is 0 Å². The second-order valence-corrected chi connectivity index (χ2v) is 19.9. The van der Waals surface area contributed by atoms with Crippen LogP contribution in [0.1, 0.15) is 98.7 Å².